The Hall–Kier alpha value is -2.44. The fourth-order valence-electron chi connectivity index (χ4n) is 3.95. The van der Waals surface area contributed by atoms with Gasteiger partial charge in [-0.3, -0.25) is 0 Å². The Morgan fingerprint density at radius 2 is 1.90 bits per heavy atom. The number of ether oxygens (including phenoxy) is 1. The molecule has 0 aromatic heterocycles. The van der Waals surface area contributed by atoms with Crippen molar-refractivity contribution < 1.29 is 13.9 Å². The Balaban J connectivity index is 1.74. The number of hydrogen-bond acceptors (Lipinski definition) is 3. The maximum absolute atomic E-state index is 13.4. The normalized spacial score (nSPS) is 17.6. The molecule has 5 nitrogen and oxygen atoms in total. The summed E-state index contributed by atoms with van der Waals surface area (Å²) in [5, 5.41) is 3.18. The Morgan fingerprint density at radius 1 is 1.19 bits per heavy atom. The standard InChI is InChI=1S/C25H34FN3O2/c1-19(2)31-18-24(22-7-5-4-6-8-22)27-25(30)29(17-21-13-14-28(3)15-21)16-20-9-11-23(26)12-10-20/h4-12,19,21,24H,13-18H2,1-3H3,(H,27,30)/t21-,24?/m0/s1. The van der Waals surface area contributed by atoms with Gasteiger partial charge >= 0.3 is 6.03 Å². The molecule has 1 saturated heterocycles. The molecule has 1 fully saturated rings. The molecular formula is C25H34FN3O2. The van der Waals surface area contributed by atoms with Crippen molar-refractivity contribution in [2.75, 3.05) is 33.3 Å². The monoisotopic (exact) mass is 427 g/mol. The number of halogens is 1. The van der Waals surface area contributed by atoms with Crippen LogP contribution in [0.3, 0.4) is 0 Å². The average Bonchev–Trinajstić information content (AvgIpc) is 3.17. The molecule has 1 aliphatic heterocycles. The quantitative estimate of drug-likeness (QED) is 0.643. The molecule has 1 aliphatic rings. The van der Waals surface area contributed by atoms with Crippen molar-refractivity contribution >= 4 is 6.03 Å². The molecule has 1 N–H and O–H groups in total. The lowest BCUT2D eigenvalue weighted by atomic mass is 10.1. The molecule has 2 aromatic carbocycles. The van der Waals surface area contributed by atoms with E-state index < -0.39 is 0 Å². The van der Waals surface area contributed by atoms with E-state index in [4.69, 9.17) is 4.74 Å². The van der Waals surface area contributed by atoms with E-state index in [1.54, 1.807) is 12.1 Å². The van der Waals surface area contributed by atoms with E-state index in [0.29, 0.717) is 25.6 Å². The molecule has 0 bridgehead atoms. The summed E-state index contributed by atoms with van der Waals surface area (Å²) in [7, 11) is 2.11. The van der Waals surface area contributed by atoms with E-state index in [1.807, 2.05) is 49.1 Å². The molecule has 0 aliphatic carbocycles. The Bertz CT molecular complexity index is 813. The number of carbonyl (C=O) groups is 1. The van der Waals surface area contributed by atoms with Gasteiger partial charge in [-0.2, -0.15) is 0 Å². The van der Waals surface area contributed by atoms with Gasteiger partial charge in [-0.1, -0.05) is 42.5 Å². The van der Waals surface area contributed by atoms with Gasteiger partial charge in [0, 0.05) is 19.6 Å². The van der Waals surface area contributed by atoms with Crippen LogP contribution in [-0.4, -0.2) is 55.2 Å². The molecule has 1 heterocycles. The third-order valence-corrected chi connectivity index (χ3v) is 5.64. The number of urea groups is 1. The predicted molar refractivity (Wildman–Crippen MR) is 121 cm³/mol. The first-order chi connectivity index (χ1) is 14.9. The first kappa shape index (κ1) is 23.2. The highest BCUT2D eigenvalue weighted by atomic mass is 19.1. The van der Waals surface area contributed by atoms with Crippen molar-refractivity contribution in [1.82, 2.24) is 15.1 Å². The molecule has 0 spiro atoms. The van der Waals surface area contributed by atoms with Crippen LogP contribution >= 0.6 is 0 Å². The summed E-state index contributed by atoms with van der Waals surface area (Å²) in [6.45, 7) is 7.52. The molecule has 0 saturated carbocycles. The lowest BCUT2D eigenvalue weighted by molar-refractivity contribution is 0.0609. The molecule has 168 valence electrons. The first-order valence-electron chi connectivity index (χ1n) is 11.1. The molecule has 2 amide bonds. The van der Waals surface area contributed by atoms with Gasteiger partial charge in [-0.15, -0.1) is 0 Å². The van der Waals surface area contributed by atoms with E-state index in [0.717, 1.165) is 30.6 Å². The lowest BCUT2D eigenvalue weighted by Crippen LogP contribution is -2.44. The van der Waals surface area contributed by atoms with Crippen molar-refractivity contribution in [2.45, 2.75) is 39.0 Å². The van der Waals surface area contributed by atoms with Crippen LogP contribution < -0.4 is 5.32 Å². The van der Waals surface area contributed by atoms with Crippen molar-refractivity contribution in [3.05, 3.63) is 71.5 Å². The summed E-state index contributed by atoms with van der Waals surface area (Å²) >= 11 is 0. The molecule has 6 heteroatoms. The van der Waals surface area contributed by atoms with Crippen LogP contribution in [0.15, 0.2) is 54.6 Å². The van der Waals surface area contributed by atoms with Crippen LogP contribution in [0.2, 0.25) is 0 Å². The van der Waals surface area contributed by atoms with Gasteiger partial charge in [0.25, 0.3) is 0 Å². The molecule has 3 rings (SSSR count). The van der Waals surface area contributed by atoms with E-state index in [2.05, 4.69) is 17.3 Å². The second-order valence-electron chi connectivity index (χ2n) is 8.72. The molecule has 31 heavy (non-hydrogen) atoms. The van der Waals surface area contributed by atoms with Gasteiger partial charge in [0.05, 0.1) is 18.8 Å². The first-order valence-corrected chi connectivity index (χ1v) is 11.1. The van der Waals surface area contributed by atoms with Crippen molar-refractivity contribution in [3.63, 3.8) is 0 Å². The van der Waals surface area contributed by atoms with Gasteiger partial charge < -0.3 is 19.9 Å². The van der Waals surface area contributed by atoms with Crippen molar-refractivity contribution in [1.29, 1.82) is 0 Å². The van der Waals surface area contributed by atoms with Crippen LogP contribution in [0, 0.1) is 11.7 Å². The van der Waals surface area contributed by atoms with E-state index in [9.17, 15) is 9.18 Å². The van der Waals surface area contributed by atoms with Crippen molar-refractivity contribution in [2.24, 2.45) is 5.92 Å². The Kier molecular flexibility index (Phi) is 8.43. The number of amides is 2. The van der Waals surface area contributed by atoms with E-state index >= 15 is 0 Å². The highest BCUT2D eigenvalue weighted by Gasteiger charge is 2.26. The van der Waals surface area contributed by atoms with Gasteiger partial charge in [0.2, 0.25) is 0 Å². The van der Waals surface area contributed by atoms with Crippen LogP contribution in [0.25, 0.3) is 0 Å². The van der Waals surface area contributed by atoms with Crippen LogP contribution in [0.4, 0.5) is 9.18 Å². The van der Waals surface area contributed by atoms with Crippen molar-refractivity contribution in [3.8, 4) is 0 Å². The summed E-state index contributed by atoms with van der Waals surface area (Å²) in [4.78, 5) is 17.5. The fraction of sp³-hybridized carbons (Fsp3) is 0.480. The Morgan fingerprint density at radius 3 is 2.52 bits per heavy atom. The minimum atomic E-state index is -0.271. The zero-order valence-corrected chi connectivity index (χ0v) is 18.8. The minimum absolute atomic E-state index is 0.0764. The summed E-state index contributed by atoms with van der Waals surface area (Å²) in [6, 6.07) is 15.9. The number of hydrogen-bond donors (Lipinski definition) is 1. The molecule has 2 atom stereocenters. The number of nitrogens with one attached hydrogen (secondary N) is 1. The second kappa shape index (κ2) is 11.3. The lowest BCUT2D eigenvalue weighted by Gasteiger charge is -2.29. The Labute approximate surface area is 185 Å². The number of nitrogens with zero attached hydrogens (tertiary/aromatic N) is 2. The SMILES string of the molecule is CC(C)OCC(NC(=O)N(Cc1ccc(F)cc1)C[C@H]1CCN(C)C1)c1ccccc1. The van der Waals surface area contributed by atoms with Gasteiger partial charge in [-0.05, 0) is 63.0 Å². The third kappa shape index (κ3) is 7.33. The van der Waals surface area contributed by atoms with Gasteiger partial charge in [-0.25, -0.2) is 9.18 Å². The highest BCUT2D eigenvalue weighted by Crippen LogP contribution is 2.19. The predicted octanol–water partition coefficient (Wildman–Crippen LogP) is 4.46. The number of carbonyl (C=O) groups excluding carboxylic acids is 1. The van der Waals surface area contributed by atoms with Crippen LogP contribution in [-0.2, 0) is 11.3 Å². The second-order valence-corrected chi connectivity index (χ2v) is 8.72. The number of rotatable bonds is 9. The maximum Gasteiger partial charge on any atom is 0.318 e. The summed E-state index contributed by atoms with van der Waals surface area (Å²) in [5.41, 5.74) is 1.93. The molecule has 2 aromatic rings. The summed E-state index contributed by atoms with van der Waals surface area (Å²) in [6.07, 6.45) is 1.15. The zero-order valence-electron chi connectivity index (χ0n) is 18.8. The number of benzene rings is 2. The average molecular weight is 428 g/mol. The molecular weight excluding hydrogens is 393 g/mol. The smallest absolute Gasteiger partial charge is 0.318 e. The topological polar surface area (TPSA) is 44.8 Å². The van der Waals surface area contributed by atoms with Crippen LogP contribution in [0.1, 0.15) is 37.4 Å². The highest BCUT2D eigenvalue weighted by molar-refractivity contribution is 5.74. The minimum Gasteiger partial charge on any atom is -0.376 e. The van der Waals surface area contributed by atoms with Crippen LogP contribution in [0.5, 0.6) is 0 Å². The summed E-state index contributed by atoms with van der Waals surface area (Å²) in [5.74, 6) is 0.158. The molecule has 0 radical (unpaired) electrons. The largest absolute Gasteiger partial charge is 0.376 e. The number of likely N-dealkylation sites (tertiary alicyclic amines) is 1. The van der Waals surface area contributed by atoms with E-state index in [-0.39, 0.29) is 24.0 Å². The third-order valence-electron chi connectivity index (χ3n) is 5.64. The zero-order chi connectivity index (χ0) is 22.2. The van der Waals surface area contributed by atoms with Gasteiger partial charge in [0.15, 0.2) is 0 Å². The maximum atomic E-state index is 13.4. The molecule has 1 unspecified atom stereocenters. The fourth-order valence-corrected chi connectivity index (χ4v) is 3.95. The summed E-state index contributed by atoms with van der Waals surface area (Å²) < 4.78 is 19.2. The van der Waals surface area contributed by atoms with Gasteiger partial charge in [0.1, 0.15) is 5.82 Å². The van der Waals surface area contributed by atoms with E-state index in [1.165, 1.54) is 12.1 Å².